The first kappa shape index (κ1) is 25.4. The molecule has 1 aromatic carbocycles. The van der Waals surface area contributed by atoms with Crippen LogP contribution in [0.25, 0.3) is 11.0 Å². The third-order valence-electron chi connectivity index (χ3n) is 6.51. The molecule has 0 aliphatic carbocycles. The summed E-state index contributed by atoms with van der Waals surface area (Å²) in [6.45, 7) is 6.54. The molecule has 0 N–H and O–H groups in total. The fourth-order valence-corrected chi connectivity index (χ4v) is 4.68. The van der Waals surface area contributed by atoms with Crippen molar-refractivity contribution in [3.63, 3.8) is 0 Å². The van der Waals surface area contributed by atoms with Gasteiger partial charge in [0.15, 0.2) is 5.82 Å². The van der Waals surface area contributed by atoms with Crippen LogP contribution in [0.2, 0.25) is 0 Å². The molecule has 12 heteroatoms. The van der Waals surface area contributed by atoms with Crippen LogP contribution in [0.3, 0.4) is 0 Å². The molecule has 1 fully saturated rings. The predicted molar refractivity (Wildman–Crippen MR) is 124 cm³/mol. The van der Waals surface area contributed by atoms with Gasteiger partial charge in [-0.2, -0.15) is 10.2 Å². The summed E-state index contributed by atoms with van der Waals surface area (Å²) in [7, 11) is 1.58. The number of piperazine rings is 1. The number of alkyl halides is 3. The second-order valence-corrected chi connectivity index (χ2v) is 8.91. The first-order valence-electron chi connectivity index (χ1n) is 11.2. The van der Waals surface area contributed by atoms with Gasteiger partial charge in [-0.1, -0.05) is 6.07 Å². The van der Waals surface area contributed by atoms with Crippen molar-refractivity contribution in [2.75, 3.05) is 18.0 Å². The van der Waals surface area contributed by atoms with Crippen LogP contribution in [0.5, 0.6) is 5.75 Å². The zero-order chi connectivity index (χ0) is 26.4. The molecule has 4 rings (SSSR count). The first-order valence-corrected chi connectivity index (χ1v) is 11.2. The van der Waals surface area contributed by atoms with Crippen molar-refractivity contribution in [3.05, 3.63) is 57.9 Å². The van der Waals surface area contributed by atoms with Crippen molar-refractivity contribution in [2.24, 2.45) is 7.05 Å². The van der Waals surface area contributed by atoms with E-state index in [2.05, 4.69) is 14.7 Å². The topological polar surface area (TPSA) is 87.3 Å². The van der Waals surface area contributed by atoms with Crippen LogP contribution in [0, 0.1) is 17.1 Å². The molecule has 0 saturated carbocycles. The molecule has 1 aliphatic heterocycles. The molecule has 1 unspecified atom stereocenters. The maximum atomic E-state index is 14.8. The highest BCUT2D eigenvalue weighted by Gasteiger charge is 2.36. The molecule has 2 aromatic heterocycles. The lowest BCUT2D eigenvalue weighted by Crippen LogP contribution is -2.57. The van der Waals surface area contributed by atoms with E-state index >= 15 is 0 Å². The van der Waals surface area contributed by atoms with Gasteiger partial charge in [-0.05, 0) is 39.0 Å². The lowest BCUT2D eigenvalue weighted by molar-refractivity contribution is -0.274. The Kier molecular flexibility index (Phi) is 6.62. The summed E-state index contributed by atoms with van der Waals surface area (Å²) in [6, 6.07) is 7.59. The molecule has 8 nitrogen and oxygen atoms in total. The number of hydrogen-bond donors (Lipinski definition) is 0. The number of fused-ring (bicyclic) bond motifs is 1. The lowest BCUT2D eigenvalue weighted by Gasteiger charge is -2.47. The zero-order valence-electron chi connectivity index (χ0n) is 20.0. The summed E-state index contributed by atoms with van der Waals surface area (Å²) >= 11 is 0. The van der Waals surface area contributed by atoms with Crippen molar-refractivity contribution in [2.45, 2.75) is 45.3 Å². The van der Waals surface area contributed by atoms with Gasteiger partial charge in [0.1, 0.15) is 28.8 Å². The van der Waals surface area contributed by atoms with Gasteiger partial charge in [0.2, 0.25) is 0 Å². The Morgan fingerprint density at radius 2 is 1.86 bits per heavy atom. The lowest BCUT2D eigenvalue weighted by atomic mass is 10.00. The Hall–Kier alpha value is -3.72. The predicted octanol–water partition coefficient (Wildman–Crippen LogP) is 3.90. The van der Waals surface area contributed by atoms with Crippen LogP contribution in [0.15, 0.2) is 35.1 Å². The minimum absolute atomic E-state index is 0.137. The standard InChI is InChI=1S/C24H24F4N6O2/c1-13-12-34(22-21-20(32(4)23(35)31-22)8-5-16(10-29)30-21)14(2)11-33(13)15(3)18-7-6-17(9-19(18)25)36-24(26,27)28/h5-9,13-15H,11-12H2,1-4H3/t13-,14+,15?/m1/s1. The number of rotatable bonds is 4. The van der Waals surface area contributed by atoms with Crippen molar-refractivity contribution in [1.82, 2.24) is 19.4 Å². The zero-order valence-corrected chi connectivity index (χ0v) is 20.0. The molecule has 3 atom stereocenters. The third-order valence-corrected chi connectivity index (χ3v) is 6.51. The number of benzene rings is 1. The summed E-state index contributed by atoms with van der Waals surface area (Å²) in [5, 5.41) is 9.30. The highest BCUT2D eigenvalue weighted by molar-refractivity contribution is 5.86. The van der Waals surface area contributed by atoms with Crippen molar-refractivity contribution < 1.29 is 22.3 Å². The number of pyridine rings is 1. The van der Waals surface area contributed by atoms with Gasteiger partial charge in [-0.15, -0.1) is 13.2 Å². The van der Waals surface area contributed by atoms with E-state index in [1.54, 1.807) is 20.0 Å². The molecule has 0 radical (unpaired) electrons. The van der Waals surface area contributed by atoms with Crippen molar-refractivity contribution in [3.8, 4) is 11.8 Å². The molecule has 1 saturated heterocycles. The molecule has 0 spiro atoms. The van der Waals surface area contributed by atoms with E-state index in [9.17, 15) is 27.6 Å². The number of ether oxygens (including phenoxy) is 1. The Bertz CT molecular complexity index is 1400. The summed E-state index contributed by atoms with van der Waals surface area (Å²) in [6.07, 6.45) is -4.90. The fraction of sp³-hybridized carbons (Fsp3) is 0.417. The Balaban J connectivity index is 1.63. The van der Waals surface area contributed by atoms with Gasteiger partial charge in [-0.25, -0.2) is 14.2 Å². The molecule has 0 amide bonds. The first-order chi connectivity index (χ1) is 16.9. The maximum absolute atomic E-state index is 14.8. The van der Waals surface area contributed by atoms with Crippen LogP contribution in [-0.4, -0.2) is 51.0 Å². The SMILES string of the molecule is CC(c1ccc(OC(F)(F)F)cc1F)N1C[C@H](C)N(c2nc(=O)n(C)c3ccc(C#N)nc23)C[C@H]1C. The maximum Gasteiger partial charge on any atom is 0.573 e. The second kappa shape index (κ2) is 9.39. The van der Waals surface area contributed by atoms with Gasteiger partial charge in [-0.3, -0.25) is 9.47 Å². The number of aryl methyl sites for hydroxylation is 1. The van der Waals surface area contributed by atoms with Gasteiger partial charge >= 0.3 is 12.1 Å². The average Bonchev–Trinajstić information content (AvgIpc) is 2.81. The Morgan fingerprint density at radius 3 is 2.50 bits per heavy atom. The van der Waals surface area contributed by atoms with E-state index in [0.717, 1.165) is 12.1 Å². The van der Waals surface area contributed by atoms with Gasteiger partial charge < -0.3 is 9.64 Å². The highest BCUT2D eigenvalue weighted by Crippen LogP contribution is 2.34. The average molecular weight is 504 g/mol. The smallest absolute Gasteiger partial charge is 0.406 e. The number of halogens is 4. The number of aromatic nitrogens is 3. The normalized spacial score (nSPS) is 19.8. The van der Waals surface area contributed by atoms with E-state index in [0.29, 0.717) is 29.9 Å². The monoisotopic (exact) mass is 504 g/mol. The Labute approximate surface area is 204 Å². The Morgan fingerprint density at radius 1 is 1.14 bits per heavy atom. The minimum atomic E-state index is -4.90. The number of nitrogens with zero attached hydrogens (tertiary/aromatic N) is 6. The minimum Gasteiger partial charge on any atom is -0.406 e. The number of nitriles is 1. The van der Waals surface area contributed by atoms with Crippen LogP contribution >= 0.6 is 0 Å². The van der Waals surface area contributed by atoms with Crippen LogP contribution in [-0.2, 0) is 7.05 Å². The molecular formula is C24H24F4N6O2. The van der Waals surface area contributed by atoms with Crippen LogP contribution in [0.4, 0.5) is 23.4 Å². The number of hydrogen-bond acceptors (Lipinski definition) is 7. The second-order valence-electron chi connectivity index (χ2n) is 8.91. The van der Waals surface area contributed by atoms with E-state index in [-0.39, 0.29) is 23.3 Å². The quantitative estimate of drug-likeness (QED) is 0.498. The third kappa shape index (κ3) is 4.83. The van der Waals surface area contributed by atoms with E-state index in [4.69, 9.17) is 0 Å². The molecule has 0 bridgehead atoms. The molecule has 3 heterocycles. The summed E-state index contributed by atoms with van der Waals surface area (Å²) < 4.78 is 57.4. The summed E-state index contributed by atoms with van der Waals surface area (Å²) in [5.74, 6) is -1.04. The molecule has 36 heavy (non-hydrogen) atoms. The van der Waals surface area contributed by atoms with Gasteiger partial charge in [0.25, 0.3) is 0 Å². The molecular weight excluding hydrogens is 480 g/mol. The van der Waals surface area contributed by atoms with Gasteiger partial charge in [0, 0.05) is 49.9 Å². The molecule has 190 valence electrons. The number of anilines is 1. The summed E-state index contributed by atoms with van der Waals surface area (Å²) in [4.78, 5) is 25.2. The summed E-state index contributed by atoms with van der Waals surface area (Å²) in [5.41, 5.74) is 0.967. The van der Waals surface area contributed by atoms with Crippen molar-refractivity contribution >= 4 is 16.9 Å². The largest absolute Gasteiger partial charge is 0.573 e. The van der Waals surface area contributed by atoms with Crippen LogP contribution in [0.1, 0.15) is 38.1 Å². The van der Waals surface area contributed by atoms with E-state index in [1.807, 2.05) is 29.7 Å². The highest BCUT2D eigenvalue weighted by atomic mass is 19.4. The van der Waals surface area contributed by atoms with Gasteiger partial charge in [0.05, 0.1) is 5.52 Å². The van der Waals surface area contributed by atoms with Crippen molar-refractivity contribution in [1.29, 1.82) is 5.26 Å². The van der Waals surface area contributed by atoms with E-state index in [1.165, 1.54) is 16.7 Å². The molecule has 3 aromatic rings. The van der Waals surface area contributed by atoms with Crippen LogP contribution < -0.4 is 15.3 Å². The fourth-order valence-electron chi connectivity index (χ4n) is 4.68. The van der Waals surface area contributed by atoms with E-state index < -0.39 is 29.7 Å². The molecule has 1 aliphatic rings.